The van der Waals surface area contributed by atoms with Crippen molar-refractivity contribution in [1.82, 2.24) is 9.80 Å². The van der Waals surface area contributed by atoms with Gasteiger partial charge in [-0.15, -0.1) is 0 Å². The molecule has 0 aromatic carbocycles. The topological polar surface area (TPSA) is 112 Å². The van der Waals surface area contributed by atoms with Crippen molar-refractivity contribution in [3.05, 3.63) is 0 Å². The third-order valence-electron chi connectivity index (χ3n) is 17.1. The molecule has 1 amide bonds. The average Bonchev–Trinajstić information content (AvgIpc) is 3.32. The van der Waals surface area contributed by atoms with E-state index in [2.05, 4.69) is 39.5 Å². The van der Waals surface area contributed by atoms with Gasteiger partial charge in [-0.2, -0.15) is 0 Å². The lowest BCUT2D eigenvalue weighted by atomic mass is 9.41. The monoisotopic (exact) mass is 703 g/mol. The summed E-state index contributed by atoms with van der Waals surface area (Å²) < 4.78 is 18.8. The zero-order valence-electron chi connectivity index (χ0n) is 32.6. The van der Waals surface area contributed by atoms with E-state index in [4.69, 9.17) is 14.2 Å². The van der Waals surface area contributed by atoms with Crippen molar-refractivity contribution >= 4 is 5.91 Å². The maximum absolute atomic E-state index is 13.2. The molecule has 9 nitrogen and oxygen atoms in total. The van der Waals surface area contributed by atoms with Crippen LogP contribution in [-0.4, -0.2) is 114 Å². The molecule has 0 bridgehead atoms. The van der Waals surface area contributed by atoms with Crippen molar-refractivity contribution in [3.8, 4) is 0 Å². The normalized spacial score (nSPS) is 45.9. The highest BCUT2D eigenvalue weighted by atomic mass is 16.7. The molecule has 2 aliphatic heterocycles. The zero-order chi connectivity index (χ0) is 36.1. The highest BCUT2D eigenvalue weighted by molar-refractivity contribution is 5.78. The lowest BCUT2D eigenvalue weighted by Gasteiger charge is -2.64. The summed E-state index contributed by atoms with van der Waals surface area (Å²) in [6, 6.07) is 0. The maximum atomic E-state index is 13.2. The molecule has 9 heteroatoms. The highest BCUT2D eigenvalue weighted by Gasteiger charge is 2.83. The first-order valence-electron chi connectivity index (χ1n) is 20.3. The van der Waals surface area contributed by atoms with E-state index in [0.717, 1.165) is 38.8 Å². The van der Waals surface area contributed by atoms with Gasteiger partial charge in [0.25, 0.3) is 0 Å². The van der Waals surface area contributed by atoms with Gasteiger partial charge in [-0.05, 0) is 143 Å². The molecule has 5 aliphatic carbocycles. The van der Waals surface area contributed by atoms with Gasteiger partial charge in [0.15, 0.2) is 6.29 Å². The Morgan fingerprint density at radius 3 is 2.36 bits per heavy atom. The predicted octanol–water partition coefficient (Wildman–Crippen LogP) is 5.24. The van der Waals surface area contributed by atoms with Crippen molar-refractivity contribution in [3.63, 3.8) is 0 Å². The first kappa shape index (κ1) is 37.5. The lowest BCUT2D eigenvalue weighted by molar-refractivity contribution is -0.248. The average molecular weight is 703 g/mol. The summed E-state index contributed by atoms with van der Waals surface area (Å²) in [5.41, 5.74) is -0.787. The Bertz CT molecular complexity index is 1270. The number of morpholine rings is 1. The molecule has 5 saturated carbocycles. The van der Waals surface area contributed by atoms with Gasteiger partial charge in [-0.1, -0.05) is 34.6 Å². The zero-order valence-corrected chi connectivity index (χ0v) is 32.6. The van der Waals surface area contributed by atoms with Crippen LogP contribution in [0.15, 0.2) is 0 Å². The Morgan fingerprint density at radius 2 is 1.68 bits per heavy atom. The Balaban J connectivity index is 1.04. The Morgan fingerprint density at radius 1 is 1.00 bits per heavy atom. The molecule has 50 heavy (non-hydrogen) atoms. The number of ether oxygens (including phenoxy) is 3. The van der Waals surface area contributed by atoms with Crippen LogP contribution >= 0.6 is 0 Å². The molecule has 286 valence electrons. The number of methoxy groups -OCH3 is 1. The van der Waals surface area contributed by atoms with Crippen LogP contribution in [0, 0.1) is 50.7 Å². The summed E-state index contributed by atoms with van der Waals surface area (Å²) in [6.07, 6.45) is 10.00. The molecule has 2 spiro atoms. The smallest absolute Gasteiger partial charge is 0.237 e. The van der Waals surface area contributed by atoms with Gasteiger partial charge in [0.2, 0.25) is 5.91 Å². The van der Waals surface area contributed by atoms with Crippen LogP contribution in [0.25, 0.3) is 0 Å². The quantitative estimate of drug-likeness (QED) is 0.284. The van der Waals surface area contributed by atoms with Crippen molar-refractivity contribution in [2.45, 2.75) is 155 Å². The molecule has 7 unspecified atom stereocenters. The van der Waals surface area contributed by atoms with E-state index in [0.29, 0.717) is 55.8 Å². The Hall–Kier alpha value is -0.810. The largest absolute Gasteiger partial charge is 0.393 e. The van der Waals surface area contributed by atoms with E-state index < -0.39 is 17.8 Å². The van der Waals surface area contributed by atoms with E-state index in [-0.39, 0.29) is 52.0 Å². The number of aliphatic hydroxyl groups is 3. The SMILES string of the molecule is COC(C[C@@H](C)[C@H]1C[C@H](O)[C@@]2(C)C3CC[C@H]4C(C)(C)C(O[C@H]5CN(C(=O)CN6CCCC6)CCO5)CCC45CC35CCC12C)C(O)C(C)(C)O. The molecule has 7 rings (SSSR count). The highest BCUT2D eigenvalue weighted by Crippen LogP contribution is 2.89. The van der Waals surface area contributed by atoms with Crippen LogP contribution < -0.4 is 0 Å². The maximum Gasteiger partial charge on any atom is 0.237 e. The molecule has 0 aromatic heterocycles. The van der Waals surface area contributed by atoms with Gasteiger partial charge >= 0.3 is 0 Å². The van der Waals surface area contributed by atoms with E-state index in [9.17, 15) is 20.1 Å². The minimum atomic E-state index is -1.24. The van der Waals surface area contributed by atoms with Crippen LogP contribution in [0.4, 0.5) is 0 Å². The number of hydrogen-bond donors (Lipinski definition) is 3. The number of nitrogens with zero attached hydrogens (tertiary/aromatic N) is 2. The Labute approximate surface area is 302 Å². The van der Waals surface area contributed by atoms with Crippen molar-refractivity contribution in [2.75, 3.05) is 46.4 Å². The third-order valence-corrected chi connectivity index (χ3v) is 17.1. The summed E-state index contributed by atoms with van der Waals surface area (Å²) in [4.78, 5) is 17.4. The van der Waals surface area contributed by atoms with E-state index >= 15 is 0 Å². The van der Waals surface area contributed by atoms with Gasteiger partial charge in [0.05, 0.1) is 43.6 Å². The lowest BCUT2D eigenvalue weighted by Crippen LogP contribution is -2.60. The molecule has 7 fully saturated rings. The summed E-state index contributed by atoms with van der Waals surface area (Å²) >= 11 is 0. The van der Waals surface area contributed by atoms with Gasteiger partial charge in [0, 0.05) is 19.1 Å². The second-order valence-corrected chi connectivity index (χ2v) is 19.9. The number of rotatable bonds is 10. The van der Waals surface area contributed by atoms with Crippen molar-refractivity contribution in [2.24, 2.45) is 50.7 Å². The Kier molecular flexibility index (Phi) is 9.68. The summed E-state index contributed by atoms with van der Waals surface area (Å²) in [6.45, 7) is 19.7. The molecule has 13 atom stereocenters. The second kappa shape index (κ2) is 12.9. The van der Waals surface area contributed by atoms with Gasteiger partial charge in [0.1, 0.15) is 6.10 Å². The minimum Gasteiger partial charge on any atom is -0.393 e. The molecule has 7 aliphatic rings. The minimum absolute atomic E-state index is 0.00139. The standard InChI is InChI=1S/C41H70N2O7/c1-26(21-28(48-8)35(46)37(4,5)47)27-22-31(44)39(7)30-12-11-29-36(2,3)32(13-14-40(29)25-41(30,40)16-15-38(27,39)6)50-34-24-43(19-20-49-34)33(45)23-42-17-9-10-18-42/h26-32,34-35,44,46-47H,9-25H2,1-8H3/t26-,27-,28?,29+,30?,31+,32?,34+,35?,38?,39-,40?,41?/m1/s1. The number of carbonyl (C=O) groups excluding carboxylic acids is 1. The first-order chi connectivity index (χ1) is 23.4. The molecule has 0 aromatic rings. The predicted molar refractivity (Wildman–Crippen MR) is 192 cm³/mol. The van der Waals surface area contributed by atoms with E-state index in [1.54, 1.807) is 21.0 Å². The fourth-order valence-electron chi connectivity index (χ4n) is 14.2. The summed E-state index contributed by atoms with van der Waals surface area (Å²) in [7, 11) is 1.63. The number of aliphatic hydroxyl groups excluding tert-OH is 2. The van der Waals surface area contributed by atoms with E-state index in [1.807, 2.05) is 4.90 Å². The van der Waals surface area contributed by atoms with Crippen molar-refractivity contribution in [1.29, 1.82) is 0 Å². The first-order valence-corrected chi connectivity index (χ1v) is 20.3. The number of likely N-dealkylation sites (tertiary alicyclic amines) is 1. The molecule has 0 radical (unpaired) electrons. The fourth-order valence-corrected chi connectivity index (χ4v) is 14.2. The molecular weight excluding hydrogens is 632 g/mol. The van der Waals surface area contributed by atoms with E-state index in [1.165, 1.54) is 38.5 Å². The fraction of sp³-hybridized carbons (Fsp3) is 0.976. The van der Waals surface area contributed by atoms with Crippen LogP contribution in [0.3, 0.4) is 0 Å². The molecule has 3 N–H and O–H groups in total. The van der Waals surface area contributed by atoms with Crippen LogP contribution in [0.5, 0.6) is 0 Å². The van der Waals surface area contributed by atoms with Gasteiger partial charge < -0.3 is 34.4 Å². The van der Waals surface area contributed by atoms with Crippen molar-refractivity contribution < 1.29 is 34.3 Å². The molecule has 2 saturated heterocycles. The second-order valence-electron chi connectivity index (χ2n) is 19.9. The number of carbonyl (C=O) groups is 1. The van der Waals surface area contributed by atoms with Crippen LogP contribution in [0.1, 0.15) is 119 Å². The summed E-state index contributed by atoms with van der Waals surface area (Å²) in [5, 5.41) is 33.6. The third kappa shape index (κ3) is 5.59. The number of hydrogen-bond acceptors (Lipinski definition) is 8. The van der Waals surface area contributed by atoms with Gasteiger partial charge in [-0.25, -0.2) is 0 Å². The number of amides is 1. The molecular formula is C41H70N2O7. The number of fused-ring (bicyclic) bond motifs is 2. The molecule has 2 heterocycles. The van der Waals surface area contributed by atoms with Gasteiger partial charge in [-0.3, -0.25) is 9.69 Å². The van der Waals surface area contributed by atoms with Crippen LogP contribution in [0.2, 0.25) is 0 Å². The summed E-state index contributed by atoms with van der Waals surface area (Å²) in [5.74, 6) is 1.86. The van der Waals surface area contributed by atoms with Crippen LogP contribution in [-0.2, 0) is 19.0 Å².